The second-order valence-corrected chi connectivity index (χ2v) is 7.35. The van der Waals surface area contributed by atoms with E-state index in [1.807, 2.05) is 0 Å². The molecule has 2 aromatic rings. The molecule has 2 rings (SSSR count). The van der Waals surface area contributed by atoms with Gasteiger partial charge in [-0.15, -0.1) is 11.3 Å². The fourth-order valence-electron chi connectivity index (χ4n) is 2.31. The van der Waals surface area contributed by atoms with E-state index in [-0.39, 0.29) is 5.41 Å². The van der Waals surface area contributed by atoms with Crippen LogP contribution in [0.15, 0.2) is 35.7 Å². The Labute approximate surface area is 132 Å². The molecule has 0 aliphatic rings. The summed E-state index contributed by atoms with van der Waals surface area (Å²) in [5, 5.41) is 7.01. The van der Waals surface area contributed by atoms with Crippen LogP contribution in [0.25, 0.3) is 0 Å². The highest BCUT2D eigenvalue weighted by molar-refractivity contribution is 7.09. The summed E-state index contributed by atoms with van der Waals surface area (Å²) < 4.78 is 0. The minimum Gasteiger partial charge on any atom is -0.308 e. The van der Waals surface area contributed by atoms with Gasteiger partial charge in [-0.05, 0) is 24.9 Å². The van der Waals surface area contributed by atoms with Crippen LogP contribution in [-0.4, -0.2) is 11.5 Å². The Morgan fingerprint density at radius 3 is 2.48 bits per heavy atom. The Morgan fingerprint density at radius 2 is 1.90 bits per heavy atom. The van der Waals surface area contributed by atoms with Crippen molar-refractivity contribution in [1.82, 2.24) is 10.3 Å². The summed E-state index contributed by atoms with van der Waals surface area (Å²) in [6, 6.07) is 11.0. The molecule has 1 aromatic carbocycles. The van der Waals surface area contributed by atoms with Crippen LogP contribution >= 0.6 is 11.3 Å². The molecule has 1 atom stereocenters. The van der Waals surface area contributed by atoms with Crippen molar-refractivity contribution in [1.29, 1.82) is 0 Å². The Kier molecular flexibility index (Phi) is 5.54. The van der Waals surface area contributed by atoms with E-state index in [2.05, 4.69) is 68.7 Å². The minimum absolute atomic E-state index is 0.130. The highest BCUT2D eigenvalue weighted by Gasteiger charge is 2.20. The normalized spacial score (nSPS) is 13.3. The molecule has 2 nitrogen and oxygen atoms in total. The lowest BCUT2D eigenvalue weighted by Crippen LogP contribution is -2.22. The zero-order chi connectivity index (χ0) is 15.3. The van der Waals surface area contributed by atoms with Crippen molar-refractivity contribution in [2.45, 2.75) is 52.0 Å². The molecule has 21 heavy (non-hydrogen) atoms. The second-order valence-electron chi connectivity index (χ2n) is 6.46. The third-order valence-electron chi connectivity index (χ3n) is 3.60. The summed E-state index contributed by atoms with van der Waals surface area (Å²) in [5.41, 5.74) is 2.73. The Morgan fingerprint density at radius 1 is 1.19 bits per heavy atom. The summed E-state index contributed by atoms with van der Waals surface area (Å²) in [4.78, 5) is 4.87. The van der Waals surface area contributed by atoms with Crippen molar-refractivity contribution < 1.29 is 0 Å². The van der Waals surface area contributed by atoms with Gasteiger partial charge in [-0.2, -0.15) is 0 Å². The molecule has 0 saturated heterocycles. The van der Waals surface area contributed by atoms with Crippen molar-refractivity contribution in [2.75, 3.05) is 6.54 Å². The summed E-state index contributed by atoms with van der Waals surface area (Å²) in [5.74, 6) is 0. The smallest absolute Gasteiger partial charge is 0.110 e. The van der Waals surface area contributed by atoms with Crippen molar-refractivity contribution in [3.05, 3.63) is 52.0 Å². The average molecular weight is 302 g/mol. The highest BCUT2D eigenvalue weighted by atomic mass is 32.1. The molecule has 0 radical (unpaired) electrons. The third kappa shape index (κ3) is 4.65. The quantitative estimate of drug-likeness (QED) is 0.835. The average Bonchev–Trinajstić information content (AvgIpc) is 2.94. The maximum atomic E-state index is 4.87. The van der Waals surface area contributed by atoms with Crippen LogP contribution in [0.2, 0.25) is 0 Å². The lowest BCUT2D eigenvalue weighted by atomic mass is 9.93. The largest absolute Gasteiger partial charge is 0.308 e. The van der Waals surface area contributed by atoms with E-state index >= 15 is 0 Å². The maximum Gasteiger partial charge on any atom is 0.110 e. The first-order chi connectivity index (χ1) is 10.0. The maximum absolute atomic E-state index is 4.87. The number of nitrogens with one attached hydrogen (secondary N) is 1. The predicted octanol–water partition coefficient (Wildman–Crippen LogP) is 4.72. The molecular formula is C18H26N2S. The van der Waals surface area contributed by atoms with Crippen LogP contribution in [-0.2, 0) is 11.8 Å². The van der Waals surface area contributed by atoms with E-state index in [4.69, 9.17) is 4.98 Å². The highest BCUT2D eigenvalue weighted by Crippen LogP contribution is 2.28. The van der Waals surface area contributed by atoms with Crippen LogP contribution < -0.4 is 5.32 Å². The topological polar surface area (TPSA) is 24.9 Å². The van der Waals surface area contributed by atoms with Gasteiger partial charge in [0.25, 0.3) is 0 Å². The van der Waals surface area contributed by atoms with Crippen molar-refractivity contribution in [3.63, 3.8) is 0 Å². The molecule has 0 bridgehead atoms. The number of hydrogen-bond acceptors (Lipinski definition) is 3. The van der Waals surface area contributed by atoms with Gasteiger partial charge in [0.05, 0.1) is 11.7 Å². The van der Waals surface area contributed by atoms with Crippen molar-refractivity contribution in [3.8, 4) is 0 Å². The van der Waals surface area contributed by atoms with Crippen LogP contribution in [0.5, 0.6) is 0 Å². The summed E-state index contributed by atoms with van der Waals surface area (Å²) in [6.45, 7) is 9.80. The summed E-state index contributed by atoms with van der Waals surface area (Å²) in [7, 11) is 0. The number of nitrogens with zero attached hydrogens (tertiary/aromatic N) is 1. The monoisotopic (exact) mass is 302 g/mol. The first-order valence-corrected chi connectivity index (χ1v) is 8.62. The summed E-state index contributed by atoms with van der Waals surface area (Å²) >= 11 is 1.79. The van der Waals surface area contributed by atoms with Crippen molar-refractivity contribution >= 4 is 11.3 Å². The van der Waals surface area contributed by atoms with Gasteiger partial charge in [-0.3, -0.25) is 0 Å². The fraction of sp³-hybridized carbons (Fsp3) is 0.500. The van der Waals surface area contributed by atoms with E-state index in [1.165, 1.54) is 16.3 Å². The van der Waals surface area contributed by atoms with Gasteiger partial charge in [0.15, 0.2) is 0 Å². The first-order valence-electron chi connectivity index (χ1n) is 7.74. The number of hydrogen-bond donors (Lipinski definition) is 1. The molecule has 0 aliphatic carbocycles. The van der Waals surface area contributed by atoms with Gasteiger partial charge in [0.1, 0.15) is 5.01 Å². The van der Waals surface area contributed by atoms with Crippen LogP contribution in [0.3, 0.4) is 0 Å². The molecule has 1 unspecified atom stereocenters. The molecule has 0 aliphatic heterocycles. The van der Waals surface area contributed by atoms with Gasteiger partial charge in [-0.25, -0.2) is 4.98 Å². The minimum atomic E-state index is 0.130. The standard InChI is InChI=1S/C18H26N2S/c1-5-19-15(12-11-14-9-7-6-8-10-14)17-20-16(13-21-17)18(2,3)4/h6-10,13,15,19H,5,11-12H2,1-4H3. The van der Waals surface area contributed by atoms with Crippen molar-refractivity contribution in [2.24, 2.45) is 0 Å². The van der Waals surface area contributed by atoms with E-state index in [0.717, 1.165) is 19.4 Å². The van der Waals surface area contributed by atoms with E-state index < -0.39 is 0 Å². The van der Waals surface area contributed by atoms with Crippen LogP contribution in [0.1, 0.15) is 56.4 Å². The van der Waals surface area contributed by atoms with Gasteiger partial charge < -0.3 is 5.32 Å². The Balaban J connectivity index is 2.06. The molecule has 114 valence electrons. The lowest BCUT2D eigenvalue weighted by Gasteiger charge is -2.17. The zero-order valence-corrected chi connectivity index (χ0v) is 14.3. The van der Waals surface area contributed by atoms with E-state index in [9.17, 15) is 0 Å². The SMILES string of the molecule is CCNC(CCc1ccccc1)c1nc(C(C)(C)C)cs1. The molecular weight excluding hydrogens is 276 g/mol. The first kappa shape index (κ1) is 16.2. The molecule has 0 spiro atoms. The van der Waals surface area contributed by atoms with Gasteiger partial charge >= 0.3 is 0 Å². The fourth-order valence-corrected chi connectivity index (χ4v) is 3.46. The molecule has 3 heteroatoms. The van der Waals surface area contributed by atoms with Crippen LogP contribution in [0, 0.1) is 0 Å². The zero-order valence-electron chi connectivity index (χ0n) is 13.5. The number of rotatable bonds is 6. The Bertz CT molecular complexity index is 540. The molecule has 0 amide bonds. The van der Waals surface area contributed by atoms with E-state index in [0.29, 0.717) is 6.04 Å². The van der Waals surface area contributed by atoms with Gasteiger partial charge in [0.2, 0.25) is 0 Å². The lowest BCUT2D eigenvalue weighted by molar-refractivity contribution is 0.505. The number of benzene rings is 1. The molecule has 0 saturated carbocycles. The second kappa shape index (κ2) is 7.19. The van der Waals surface area contributed by atoms with E-state index in [1.54, 1.807) is 11.3 Å². The number of aryl methyl sites for hydroxylation is 1. The molecule has 1 aromatic heterocycles. The van der Waals surface area contributed by atoms with Gasteiger partial charge in [0, 0.05) is 10.8 Å². The third-order valence-corrected chi connectivity index (χ3v) is 4.56. The number of thiazole rings is 1. The number of aromatic nitrogens is 1. The summed E-state index contributed by atoms with van der Waals surface area (Å²) in [6.07, 6.45) is 2.18. The predicted molar refractivity (Wildman–Crippen MR) is 92.0 cm³/mol. The Hall–Kier alpha value is -1.19. The molecule has 1 N–H and O–H groups in total. The van der Waals surface area contributed by atoms with Gasteiger partial charge in [-0.1, -0.05) is 58.0 Å². The van der Waals surface area contributed by atoms with Crippen LogP contribution in [0.4, 0.5) is 0 Å². The molecule has 1 heterocycles. The molecule has 0 fully saturated rings.